The molecule has 1 heterocycles. The van der Waals surface area contributed by atoms with Gasteiger partial charge in [0.05, 0.1) is 11.3 Å². The van der Waals surface area contributed by atoms with Crippen LogP contribution in [-0.2, 0) is 10.0 Å². The van der Waals surface area contributed by atoms with Gasteiger partial charge in [-0.3, -0.25) is 9.59 Å². The van der Waals surface area contributed by atoms with Gasteiger partial charge in [0.2, 0.25) is 0 Å². The number of amidine groups is 1. The van der Waals surface area contributed by atoms with Crippen molar-refractivity contribution in [1.29, 1.82) is 0 Å². The number of hydrogen-bond acceptors (Lipinski definition) is 5. The van der Waals surface area contributed by atoms with Gasteiger partial charge in [-0.1, -0.05) is 30.3 Å². The van der Waals surface area contributed by atoms with E-state index in [4.69, 9.17) is 0 Å². The Kier molecular flexibility index (Phi) is 6.05. The van der Waals surface area contributed by atoms with Gasteiger partial charge < -0.3 is 16.0 Å². The highest BCUT2D eigenvalue weighted by atomic mass is 32.2. The number of nitrogens with one attached hydrogen (secondary N) is 3. The second-order valence-corrected chi connectivity index (χ2v) is 8.68. The molecular formula is C24H20N4O4S. The first-order valence-corrected chi connectivity index (χ1v) is 11.4. The van der Waals surface area contributed by atoms with Crippen molar-refractivity contribution in [3.8, 4) is 0 Å². The standard InChI is InChI=1S/C24H20N4O4S/c1-2-15-25-24(30)18-7-3-5-9-20(18)27-23(29)16-11-13-17(14-12-16)26-22-19-8-4-6-10-21(19)33(31,32)28-22/h2-14H,1,15H2,(H,25,30)(H,26,28)(H,27,29). The number of rotatable bonds is 6. The van der Waals surface area contributed by atoms with Gasteiger partial charge in [-0.2, -0.15) is 8.42 Å². The average molecular weight is 461 g/mol. The van der Waals surface area contributed by atoms with E-state index in [0.29, 0.717) is 34.6 Å². The van der Waals surface area contributed by atoms with Crippen LogP contribution >= 0.6 is 0 Å². The number of hydrogen-bond donors (Lipinski definition) is 3. The van der Waals surface area contributed by atoms with Crippen molar-refractivity contribution in [2.75, 3.05) is 17.2 Å². The zero-order valence-electron chi connectivity index (χ0n) is 17.4. The molecule has 3 aromatic carbocycles. The number of sulfonamides is 1. The summed E-state index contributed by atoms with van der Waals surface area (Å²) in [7, 11) is -3.72. The van der Waals surface area contributed by atoms with Crippen LogP contribution in [0.15, 0.2) is 94.7 Å². The molecule has 33 heavy (non-hydrogen) atoms. The summed E-state index contributed by atoms with van der Waals surface area (Å²) in [6.45, 7) is 3.88. The number of para-hydroxylation sites is 1. The number of amides is 2. The Morgan fingerprint density at radius 1 is 0.909 bits per heavy atom. The number of nitrogens with zero attached hydrogens (tertiary/aromatic N) is 1. The van der Waals surface area contributed by atoms with Crippen LogP contribution in [0.3, 0.4) is 0 Å². The van der Waals surface area contributed by atoms with Crippen LogP contribution < -0.4 is 16.0 Å². The summed E-state index contributed by atoms with van der Waals surface area (Å²) >= 11 is 0. The Morgan fingerprint density at radius 3 is 2.36 bits per heavy atom. The minimum atomic E-state index is -3.72. The van der Waals surface area contributed by atoms with Crippen LogP contribution in [0.5, 0.6) is 0 Å². The van der Waals surface area contributed by atoms with Gasteiger partial charge in [0.25, 0.3) is 21.8 Å². The maximum absolute atomic E-state index is 12.7. The predicted molar refractivity (Wildman–Crippen MR) is 127 cm³/mol. The molecule has 1 aliphatic rings. The predicted octanol–water partition coefficient (Wildman–Crippen LogP) is 3.42. The van der Waals surface area contributed by atoms with E-state index in [-0.39, 0.29) is 16.6 Å². The van der Waals surface area contributed by atoms with Crippen molar-refractivity contribution in [2.24, 2.45) is 4.40 Å². The topological polar surface area (TPSA) is 117 Å². The highest BCUT2D eigenvalue weighted by Crippen LogP contribution is 2.27. The molecule has 0 bridgehead atoms. The summed E-state index contributed by atoms with van der Waals surface area (Å²) < 4.78 is 28.2. The first-order valence-electron chi connectivity index (χ1n) is 10.00. The number of benzene rings is 3. The van der Waals surface area contributed by atoms with Gasteiger partial charge in [-0.25, -0.2) is 0 Å². The molecule has 3 aromatic rings. The van der Waals surface area contributed by atoms with E-state index in [1.807, 2.05) is 0 Å². The fraction of sp³-hybridized carbons (Fsp3) is 0.0417. The van der Waals surface area contributed by atoms with Crippen molar-refractivity contribution in [1.82, 2.24) is 5.32 Å². The van der Waals surface area contributed by atoms with E-state index in [1.165, 1.54) is 6.07 Å². The minimum Gasteiger partial charge on any atom is -0.349 e. The second kappa shape index (κ2) is 9.09. The molecule has 4 rings (SSSR count). The molecule has 2 amide bonds. The molecular weight excluding hydrogens is 440 g/mol. The van der Waals surface area contributed by atoms with Gasteiger partial charge in [-0.05, 0) is 48.5 Å². The van der Waals surface area contributed by atoms with Crippen molar-refractivity contribution in [2.45, 2.75) is 4.90 Å². The Labute approximate surface area is 191 Å². The summed E-state index contributed by atoms with van der Waals surface area (Å²) in [4.78, 5) is 25.2. The SMILES string of the molecule is C=CCNC(=O)c1ccccc1NC(=O)c1ccc(NC2=NS(=O)(=O)c3ccccc32)cc1. The lowest BCUT2D eigenvalue weighted by Crippen LogP contribution is -2.25. The molecule has 0 spiro atoms. The van der Waals surface area contributed by atoms with Gasteiger partial charge in [-0.15, -0.1) is 11.0 Å². The van der Waals surface area contributed by atoms with Gasteiger partial charge in [0.1, 0.15) is 4.90 Å². The molecule has 9 heteroatoms. The first kappa shape index (κ1) is 22.0. The molecule has 1 aliphatic heterocycles. The number of fused-ring (bicyclic) bond motifs is 1. The maximum Gasteiger partial charge on any atom is 0.285 e. The quantitative estimate of drug-likeness (QED) is 0.488. The Hall–Kier alpha value is -4.24. The van der Waals surface area contributed by atoms with Crippen LogP contribution in [0.4, 0.5) is 11.4 Å². The summed E-state index contributed by atoms with van der Waals surface area (Å²) in [6.07, 6.45) is 1.57. The summed E-state index contributed by atoms with van der Waals surface area (Å²) in [5.74, 6) is -0.489. The number of carbonyl (C=O) groups excluding carboxylic acids is 2. The van der Waals surface area contributed by atoms with E-state index < -0.39 is 15.9 Å². The lowest BCUT2D eigenvalue weighted by atomic mass is 10.1. The largest absolute Gasteiger partial charge is 0.349 e. The molecule has 0 fully saturated rings. The van der Waals surface area contributed by atoms with Crippen LogP contribution in [-0.4, -0.2) is 32.6 Å². The number of carbonyl (C=O) groups is 2. The number of anilines is 2. The molecule has 0 radical (unpaired) electrons. The Bertz CT molecular complexity index is 1380. The van der Waals surface area contributed by atoms with Gasteiger partial charge >= 0.3 is 0 Å². The van der Waals surface area contributed by atoms with E-state index in [1.54, 1.807) is 72.8 Å². The molecule has 0 atom stereocenters. The first-order chi connectivity index (χ1) is 15.9. The zero-order valence-corrected chi connectivity index (χ0v) is 18.2. The molecule has 166 valence electrons. The van der Waals surface area contributed by atoms with Crippen molar-refractivity contribution in [3.63, 3.8) is 0 Å². The van der Waals surface area contributed by atoms with Gasteiger partial charge in [0.15, 0.2) is 5.84 Å². The third-order valence-electron chi connectivity index (χ3n) is 4.87. The molecule has 0 aromatic heterocycles. The highest BCUT2D eigenvalue weighted by Gasteiger charge is 2.28. The van der Waals surface area contributed by atoms with Crippen molar-refractivity contribution in [3.05, 3.63) is 102 Å². The lowest BCUT2D eigenvalue weighted by Gasteiger charge is -2.11. The van der Waals surface area contributed by atoms with Gasteiger partial charge in [0, 0.05) is 23.4 Å². The Balaban J connectivity index is 1.48. The monoisotopic (exact) mass is 460 g/mol. The van der Waals surface area contributed by atoms with Crippen molar-refractivity contribution >= 4 is 39.0 Å². The maximum atomic E-state index is 12.7. The minimum absolute atomic E-state index is 0.152. The van der Waals surface area contributed by atoms with E-state index in [0.717, 1.165) is 0 Å². The molecule has 3 N–H and O–H groups in total. The summed E-state index contributed by atoms with van der Waals surface area (Å²) in [5.41, 5.74) is 2.15. The summed E-state index contributed by atoms with van der Waals surface area (Å²) in [5, 5.41) is 8.43. The molecule has 8 nitrogen and oxygen atoms in total. The fourth-order valence-corrected chi connectivity index (χ4v) is 4.46. The zero-order chi connectivity index (χ0) is 23.4. The van der Waals surface area contributed by atoms with Crippen LogP contribution in [0, 0.1) is 0 Å². The molecule has 0 unspecified atom stereocenters. The third kappa shape index (κ3) is 4.68. The van der Waals surface area contributed by atoms with E-state index in [9.17, 15) is 18.0 Å². The average Bonchev–Trinajstić information content (AvgIpc) is 3.08. The summed E-state index contributed by atoms with van der Waals surface area (Å²) in [6, 6.07) is 19.7. The fourth-order valence-electron chi connectivity index (χ4n) is 3.28. The van der Waals surface area contributed by atoms with Crippen LogP contribution in [0.25, 0.3) is 0 Å². The van der Waals surface area contributed by atoms with Crippen molar-refractivity contribution < 1.29 is 18.0 Å². The third-order valence-corrected chi connectivity index (χ3v) is 6.20. The lowest BCUT2D eigenvalue weighted by molar-refractivity contribution is 0.0959. The highest BCUT2D eigenvalue weighted by molar-refractivity contribution is 7.90. The van der Waals surface area contributed by atoms with Crippen LogP contribution in [0.2, 0.25) is 0 Å². The van der Waals surface area contributed by atoms with E-state index in [2.05, 4.69) is 26.9 Å². The Morgan fingerprint density at radius 2 is 1.61 bits per heavy atom. The molecule has 0 saturated carbocycles. The van der Waals surface area contributed by atoms with Crippen LogP contribution in [0.1, 0.15) is 26.3 Å². The second-order valence-electron chi connectivity index (χ2n) is 7.11. The van der Waals surface area contributed by atoms with E-state index >= 15 is 0 Å². The molecule has 0 saturated heterocycles. The normalized spacial score (nSPS) is 13.4. The smallest absolute Gasteiger partial charge is 0.285 e. The molecule has 0 aliphatic carbocycles.